The standard InChI is InChI=1S/C22H26ClFN2O2S/c1-3-20(22(28)25-4-2)26(13-17-7-5-6-8-19(17)23)21(27)15-29-14-16-9-11-18(24)12-10-16/h5-12,20H,3-4,13-15H2,1-2H3,(H,25,28)/t20-/m0/s1. The molecule has 0 aromatic heterocycles. The highest BCUT2D eigenvalue weighted by Crippen LogP contribution is 2.21. The summed E-state index contributed by atoms with van der Waals surface area (Å²) in [6.45, 7) is 4.51. The summed E-state index contributed by atoms with van der Waals surface area (Å²) in [6.07, 6.45) is 0.505. The Morgan fingerprint density at radius 2 is 1.83 bits per heavy atom. The van der Waals surface area contributed by atoms with Crippen molar-refractivity contribution >= 4 is 35.2 Å². The second-order valence-corrected chi connectivity index (χ2v) is 7.94. The van der Waals surface area contributed by atoms with Crippen molar-refractivity contribution in [1.82, 2.24) is 10.2 Å². The quantitative estimate of drug-likeness (QED) is 0.589. The van der Waals surface area contributed by atoms with Gasteiger partial charge in [-0.25, -0.2) is 4.39 Å². The summed E-state index contributed by atoms with van der Waals surface area (Å²) >= 11 is 7.72. The van der Waals surface area contributed by atoms with Gasteiger partial charge in [0.1, 0.15) is 11.9 Å². The van der Waals surface area contributed by atoms with Crippen molar-refractivity contribution < 1.29 is 14.0 Å². The van der Waals surface area contributed by atoms with Crippen molar-refractivity contribution in [3.8, 4) is 0 Å². The molecule has 0 bridgehead atoms. The molecule has 2 aromatic carbocycles. The summed E-state index contributed by atoms with van der Waals surface area (Å²) in [5.41, 5.74) is 1.74. The molecular formula is C22H26ClFN2O2S. The van der Waals surface area contributed by atoms with Gasteiger partial charge in [0, 0.05) is 23.9 Å². The molecular weight excluding hydrogens is 411 g/mol. The summed E-state index contributed by atoms with van der Waals surface area (Å²) < 4.78 is 13.0. The van der Waals surface area contributed by atoms with Gasteiger partial charge in [-0.1, -0.05) is 48.9 Å². The van der Waals surface area contributed by atoms with Crippen LogP contribution in [0.1, 0.15) is 31.4 Å². The number of rotatable bonds is 10. The van der Waals surface area contributed by atoms with E-state index in [0.717, 1.165) is 11.1 Å². The number of hydrogen-bond donors (Lipinski definition) is 1. The SMILES string of the molecule is CCNC(=O)[C@H](CC)N(Cc1ccccc1Cl)C(=O)CSCc1ccc(F)cc1. The number of carbonyl (C=O) groups is 2. The normalized spacial score (nSPS) is 11.7. The Morgan fingerprint density at radius 1 is 1.14 bits per heavy atom. The van der Waals surface area contributed by atoms with Gasteiger partial charge >= 0.3 is 0 Å². The molecule has 0 saturated carbocycles. The Kier molecular flexibility index (Phi) is 9.48. The van der Waals surface area contributed by atoms with Gasteiger partial charge in [-0.15, -0.1) is 11.8 Å². The van der Waals surface area contributed by atoms with Crippen molar-refractivity contribution in [2.75, 3.05) is 12.3 Å². The van der Waals surface area contributed by atoms with Gasteiger partial charge in [-0.2, -0.15) is 0 Å². The van der Waals surface area contributed by atoms with Crippen LogP contribution >= 0.6 is 23.4 Å². The van der Waals surface area contributed by atoms with E-state index in [-0.39, 0.29) is 29.9 Å². The minimum absolute atomic E-state index is 0.130. The maximum Gasteiger partial charge on any atom is 0.242 e. The Morgan fingerprint density at radius 3 is 2.45 bits per heavy atom. The first-order valence-corrected chi connectivity index (χ1v) is 11.1. The second kappa shape index (κ2) is 11.8. The number of amides is 2. The van der Waals surface area contributed by atoms with Gasteiger partial charge in [0.2, 0.25) is 11.8 Å². The zero-order valence-corrected chi connectivity index (χ0v) is 18.2. The Bertz CT molecular complexity index is 817. The van der Waals surface area contributed by atoms with Crippen LogP contribution in [0.2, 0.25) is 5.02 Å². The summed E-state index contributed by atoms with van der Waals surface area (Å²) in [4.78, 5) is 27.2. The summed E-state index contributed by atoms with van der Waals surface area (Å²) in [6, 6.07) is 13.0. The van der Waals surface area contributed by atoms with Crippen molar-refractivity contribution in [2.24, 2.45) is 0 Å². The van der Waals surface area contributed by atoms with Gasteiger partial charge < -0.3 is 10.2 Å². The molecule has 0 aliphatic rings. The van der Waals surface area contributed by atoms with Crippen molar-refractivity contribution in [1.29, 1.82) is 0 Å². The fourth-order valence-corrected chi connectivity index (χ4v) is 4.01. The van der Waals surface area contributed by atoms with Crippen LogP contribution < -0.4 is 5.32 Å². The number of halogens is 2. The van der Waals surface area contributed by atoms with Crippen LogP contribution in [0.5, 0.6) is 0 Å². The lowest BCUT2D eigenvalue weighted by molar-refractivity contribution is -0.139. The lowest BCUT2D eigenvalue weighted by atomic mass is 10.1. The first-order valence-electron chi connectivity index (χ1n) is 9.59. The Hall–Kier alpha value is -2.05. The summed E-state index contributed by atoms with van der Waals surface area (Å²) in [7, 11) is 0. The molecule has 2 amide bonds. The minimum Gasteiger partial charge on any atom is -0.355 e. The zero-order chi connectivity index (χ0) is 21.2. The van der Waals surface area contributed by atoms with Gasteiger partial charge in [0.05, 0.1) is 5.75 Å². The Balaban J connectivity index is 2.11. The van der Waals surface area contributed by atoms with Crippen LogP contribution in [0.3, 0.4) is 0 Å². The van der Waals surface area contributed by atoms with Gasteiger partial charge in [0.25, 0.3) is 0 Å². The van der Waals surface area contributed by atoms with Crippen LogP contribution in [0.4, 0.5) is 4.39 Å². The fourth-order valence-electron chi connectivity index (χ4n) is 2.94. The molecule has 1 N–H and O–H groups in total. The predicted octanol–water partition coefficient (Wildman–Crippen LogP) is 4.66. The average molecular weight is 437 g/mol. The molecule has 0 fully saturated rings. The number of benzene rings is 2. The first-order chi connectivity index (χ1) is 14.0. The molecule has 0 aliphatic carbocycles. The van der Waals surface area contributed by atoms with Crippen LogP contribution in [0.25, 0.3) is 0 Å². The predicted molar refractivity (Wildman–Crippen MR) is 117 cm³/mol. The third-order valence-electron chi connectivity index (χ3n) is 4.44. The molecule has 2 aromatic rings. The van der Waals surface area contributed by atoms with Gasteiger partial charge in [0.15, 0.2) is 0 Å². The largest absolute Gasteiger partial charge is 0.355 e. The second-order valence-electron chi connectivity index (χ2n) is 6.55. The topological polar surface area (TPSA) is 49.4 Å². The van der Waals surface area contributed by atoms with E-state index in [1.807, 2.05) is 32.0 Å². The molecule has 0 unspecified atom stereocenters. The van der Waals surface area contributed by atoms with E-state index >= 15 is 0 Å². The summed E-state index contributed by atoms with van der Waals surface area (Å²) in [5.74, 6) is 0.226. The Labute approximate surface area is 180 Å². The average Bonchev–Trinajstić information content (AvgIpc) is 2.71. The monoisotopic (exact) mass is 436 g/mol. The minimum atomic E-state index is -0.565. The number of nitrogens with one attached hydrogen (secondary N) is 1. The molecule has 29 heavy (non-hydrogen) atoms. The molecule has 0 saturated heterocycles. The van der Waals surface area contributed by atoms with Crippen LogP contribution in [0, 0.1) is 5.82 Å². The first kappa shape index (κ1) is 23.2. The highest BCUT2D eigenvalue weighted by Gasteiger charge is 2.28. The van der Waals surface area contributed by atoms with E-state index in [4.69, 9.17) is 11.6 Å². The maximum atomic E-state index is 13.0. The van der Waals surface area contributed by atoms with E-state index in [1.54, 1.807) is 23.1 Å². The molecule has 1 atom stereocenters. The van der Waals surface area contributed by atoms with Crippen LogP contribution in [-0.2, 0) is 21.9 Å². The molecule has 7 heteroatoms. The number of hydrogen-bond acceptors (Lipinski definition) is 3. The highest BCUT2D eigenvalue weighted by atomic mass is 35.5. The molecule has 156 valence electrons. The molecule has 2 rings (SSSR count). The maximum absolute atomic E-state index is 13.0. The molecule has 4 nitrogen and oxygen atoms in total. The fraction of sp³-hybridized carbons (Fsp3) is 0.364. The number of carbonyl (C=O) groups excluding carboxylic acids is 2. The zero-order valence-electron chi connectivity index (χ0n) is 16.7. The van der Waals surface area contributed by atoms with Crippen molar-refractivity contribution in [3.05, 3.63) is 70.5 Å². The molecule has 0 spiro atoms. The number of likely N-dealkylation sites (N-methyl/N-ethyl adjacent to an activating group) is 1. The highest BCUT2D eigenvalue weighted by molar-refractivity contribution is 7.99. The van der Waals surface area contributed by atoms with Gasteiger partial charge in [-0.3, -0.25) is 9.59 Å². The van der Waals surface area contributed by atoms with Crippen LogP contribution in [-0.4, -0.2) is 35.1 Å². The van der Waals surface area contributed by atoms with Crippen molar-refractivity contribution in [3.63, 3.8) is 0 Å². The third-order valence-corrected chi connectivity index (χ3v) is 5.80. The lowest BCUT2D eigenvalue weighted by Gasteiger charge is -2.30. The molecule has 0 heterocycles. The number of thioether (sulfide) groups is 1. The van der Waals surface area contributed by atoms with E-state index in [0.29, 0.717) is 23.7 Å². The van der Waals surface area contributed by atoms with Crippen molar-refractivity contribution in [2.45, 2.75) is 38.6 Å². The lowest BCUT2D eigenvalue weighted by Crippen LogP contribution is -2.49. The van der Waals surface area contributed by atoms with E-state index in [1.165, 1.54) is 23.9 Å². The number of nitrogens with zero attached hydrogens (tertiary/aromatic N) is 1. The summed E-state index contributed by atoms with van der Waals surface area (Å²) in [5, 5.41) is 3.38. The van der Waals surface area contributed by atoms with Gasteiger partial charge in [-0.05, 0) is 42.7 Å². The molecule has 0 radical (unpaired) electrons. The molecule has 0 aliphatic heterocycles. The third kappa shape index (κ3) is 7.05. The smallest absolute Gasteiger partial charge is 0.242 e. The van der Waals surface area contributed by atoms with E-state index < -0.39 is 6.04 Å². The van der Waals surface area contributed by atoms with E-state index in [9.17, 15) is 14.0 Å². The van der Waals surface area contributed by atoms with E-state index in [2.05, 4.69) is 5.32 Å². The van der Waals surface area contributed by atoms with Crippen LogP contribution in [0.15, 0.2) is 48.5 Å².